The van der Waals surface area contributed by atoms with Crippen LogP contribution in [0.25, 0.3) is 17.1 Å². The Morgan fingerprint density at radius 2 is 1.74 bits per heavy atom. The average molecular weight is 378 g/mol. The molecule has 136 valence electrons. The lowest BCUT2D eigenvalue weighted by molar-refractivity contribution is 0.528. The fourth-order valence-electron chi connectivity index (χ4n) is 2.88. The van der Waals surface area contributed by atoms with Crippen LogP contribution in [0.15, 0.2) is 52.0 Å². The summed E-state index contributed by atoms with van der Waals surface area (Å²) in [6, 6.07) is 14.1. The Labute approximate surface area is 160 Å². The lowest BCUT2D eigenvalue weighted by Gasteiger charge is -2.09. The number of para-hydroxylation sites is 1. The highest BCUT2D eigenvalue weighted by molar-refractivity contribution is 7.98. The van der Waals surface area contributed by atoms with Crippen molar-refractivity contribution in [2.45, 2.75) is 31.7 Å². The molecular formula is C19H18N6OS. The van der Waals surface area contributed by atoms with E-state index in [9.17, 15) is 0 Å². The molecule has 0 amide bonds. The first-order chi connectivity index (χ1) is 13.1. The third kappa shape index (κ3) is 3.61. The van der Waals surface area contributed by atoms with Crippen LogP contribution in [-0.4, -0.2) is 30.4 Å². The summed E-state index contributed by atoms with van der Waals surface area (Å²) < 4.78 is 7.55. The van der Waals surface area contributed by atoms with Crippen molar-refractivity contribution in [2.75, 3.05) is 0 Å². The predicted octanol–water partition coefficient (Wildman–Crippen LogP) is 3.93. The summed E-state index contributed by atoms with van der Waals surface area (Å²) in [4.78, 5) is 0. The Balaban J connectivity index is 1.54. The molecule has 0 unspecified atom stereocenters. The minimum atomic E-state index is 0.490. The fourth-order valence-corrected chi connectivity index (χ4v) is 3.60. The average Bonchev–Trinajstić information content (AvgIpc) is 3.29. The second-order valence-corrected chi connectivity index (χ2v) is 7.22. The van der Waals surface area contributed by atoms with Crippen LogP contribution in [0.2, 0.25) is 0 Å². The van der Waals surface area contributed by atoms with E-state index in [0.29, 0.717) is 22.7 Å². The normalized spacial score (nSPS) is 11.1. The maximum absolute atomic E-state index is 5.80. The highest BCUT2D eigenvalue weighted by atomic mass is 32.2. The lowest BCUT2D eigenvalue weighted by Crippen LogP contribution is -2.04. The summed E-state index contributed by atoms with van der Waals surface area (Å²) in [6.45, 7) is 6.12. The van der Waals surface area contributed by atoms with Crippen LogP contribution in [0.4, 0.5) is 0 Å². The second kappa shape index (κ2) is 7.32. The molecule has 8 heteroatoms. The summed E-state index contributed by atoms with van der Waals surface area (Å²) >= 11 is 1.46. The Morgan fingerprint density at radius 3 is 2.52 bits per heavy atom. The quantitative estimate of drug-likeness (QED) is 0.487. The van der Waals surface area contributed by atoms with Gasteiger partial charge in [-0.25, -0.2) is 0 Å². The molecule has 2 aromatic heterocycles. The number of tetrazole rings is 1. The predicted molar refractivity (Wildman–Crippen MR) is 103 cm³/mol. The van der Waals surface area contributed by atoms with Gasteiger partial charge in [-0.15, -0.1) is 15.3 Å². The van der Waals surface area contributed by atoms with Crippen LogP contribution in [0.3, 0.4) is 0 Å². The van der Waals surface area contributed by atoms with Gasteiger partial charge in [0.15, 0.2) is 0 Å². The van der Waals surface area contributed by atoms with Crippen molar-refractivity contribution in [3.63, 3.8) is 0 Å². The Morgan fingerprint density at radius 1 is 0.963 bits per heavy atom. The second-order valence-electron chi connectivity index (χ2n) is 6.27. The van der Waals surface area contributed by atoms with Gasteiger partial charge in [-0.3, -0.25) is 0 Å². The molecule has 4 aromatic rings. The number of nitrogens with zero attached hydrogens (tertiary/aromatic N) is 6. The molecule has 0 radical (unpaired) electrons. The summed E-state index contributed by atoms with van der Waals surface area (Å²) in [6.07, 6.45) is 0. The standard InChI is InChI=1S/C19H18N6OS/c1-12-6-4-9-15(10-12)18-21-20-16(26-18)11-27-19-22-23-24-25(19)17-13(2)7-5-8-14(17)3/h4-10H,11H2,1-3H3. The van der Waals surface area contributed by atoms with Gasteiger partial charge in [0.05, 0.1) is 11.4 Å². The van der Waals surface area contributed by atoms with Gasteiger partial charge in [-0.05, 0) is 54.5 Å². The molecule has 0 bridgehead atoms. The summed E-state index contributed by atoms with van der Waals surface area (Å²) in [7, 11) is 0. The number of rotatable bonds is 5. The van der Waals surface area contributed by atoms with Crippen molar-refractivity contribution in [1.82, 2.24) is 30.4 Å². The number of benzene rings is 2. The van der Waals surface area contributed by atoms with Gasteiger partial charge in [-0.1, -0.05) is 47.7 Å². The third-order valence-corrected chi connectivity index (χ3v) is 5.05. The molecule has 27 heavy (non-hydrogen) atoms. The highest BCUT2D eigenvalue weighted by Gasteiger charge is 2.15. The number of thioether (sulfide) groups is 1. The zero-order valence-electron chi connectivity index (χ0n) is 15.2. The third-order valence-electron chi connectivity index (χ3n) is 4.15. The van der Waals surface area contributed by atoms with Crippen molar-refractivity contribution in [2.24, 2.45) is 0 Å². The molecular weight excluding hydrogens is 360 g/mol. The van der Waals surface area contributed by atoms with Crippen molar-refractivity contribution < 1.29 is 4.42 Å². The van der Waals surface area contributed by atoms with E-state index in [2.05, 4.69) is 25.7 Å². The first-order valence-corrected chi connectivity index (χ1v) is 9.47. The minimum Gasteiger partial charge on any atom is -0.420 e. The zero-order valence-corrected chi connectivity index (χ0v) is 16.1. The van der Waals surface area contributed by atoms with Crippen LogP contribution >= 0.6 is 11.8 Å². The van der Waals surface area contributed by atoms with E-state index in [0.717, 1.165) is 27.9 Å². The van der Waals surface area contributed by atoms with E-state index in [4.69, 9.17) is 4.42 Å². The molecule has 0 saturated heterocycles. The van der Waals surface area contributed by atoms with Crippen molar-refractivity contribution >= 4 is 11.8 Å². The van der Waals surface area contributed by atoms with Gasteiger partial charge in [0, 0.05) is 5.56 Å². The monoisotopic (exact) mass is 378 g/mol. The van der Waals surface area contributed by atoms with Gasteiger partial charge in [0.25, 0.3) is 0 Å². The first-order valence-electron chi connectivity index (χ1n) is 8.49. The summed E-state index contributed by atoms with van der Waals surface area (Å²) in [5.74, 6) is 1.54. The maximum atomic E-state index is 5.80. The molecule has 0 spiro atoms. The molecule has 0 fully saturated rings. The molecule has 0 N–H and O–H groups in total. The van der Waals surface area contributed by atoms with Crippen LogP contribution in [0.1, 0.15) is 22.6 Å². The zero-order chi connectivity index (χ0) is 18.8. The lowest BCUT2D eigenvalue weighted by atomic mass is 10.1. The molecule has 2 heterocycles. The van der Waals surface area contributed by atoms with Gasteiger partial charge < -0.3 is 4.42 Å². The van der Waals surface area contributed by atoms with Gasteiger partial charge in [-0.2, -0.15) is 4.68 Å². The van der Waals surface area contributed by atoms with E-state index in [1.165, 1.54) is 11.8 Å². The molecule has 2 aromatic carbocycles. The molecule has 4 rings (SSSR count). The van der Waals surface area contributed by atoms with E-state index in [1.807, 2.05) is 63.2 Å². The van der Waals surface area contributed by atoms with Crippen molar-refractivity contribution in [3.05, 3.63) is 65.0 Å². The number of hydrogen-bond donors (Lipinski definition) is 0. The largest absolute Gasteiger partial charge is 0.420 e. The van der Waals surface area contributed by atoms with Crippen molar-refractivity contribution in [3.8, 4) is 17.1 Å². The SMILES string of the molecule is Cc1cccc(-c2nnc(CSc3nnnn3-c3c(C)cccc3C)o2)c1. The van der Waals surface area contributed by atoms with E-state index < -0.39 is 0 Å². The van der Waals surface area contributed by atoms with Gasteiger partial charge in [0.2, 0.25) is 16.9 Å². The molecule has 0 aliphatic heterocycles. The molecule has 0 saturated carbocycles. The minimum absolute atomic E-state index is 0.490. The fraction of sp³-hybridized carbons (Fsp3) is 0.211. The van der Waals surface area contributed by atoms with Crippen LogP contribution < -0.4 is 0 Å². The van der Waals surface area contributed by atoms with E-state index in [-0.39, 0.29) is 0 Å². The molecule has 0 atom stereocenters. The smallest absolute Gasteiger partial charge is 0.247 e. The maximum Gasteiger partial charge on any atom is 0.247 e. The van der Waals surface area contributed by atoms with Crippen molar-refractivity contribution in [1.29, 1.82) is 0 Å². The summed E-state index contributed by atoms with van der Waals surface area (Å²) in [5, 5.41) is 21.1. The van der Waals surface area contributed by atoms with Crippen LogP contribution in [-0.2, 0) is 5.75 Å². The van der Waals surface area contributed by atoms with E-state index in [1.54, 1.807) is 4.68 Å². The van der Waals surface area contributed by atoms with Gasteiger partial charge >= 0.3 is 0 Å². The first kappa shape index (κ1) is 17.4. The Kier molecular flexibility index (Phi) is 4.72. The van der Waals surface area contributed by atoms with Crippen LogP contribution in [0.5, 0.6) is 0 Å². The van der Waals surface area contributed by atoms with Gasteiger partial charge in [0.1, 0.15) is 0 Å². The Hall–Kier alpha value is -3.00. The number of hydrogen-bond acceptors (Lipinski definition) is 7. The molecule has 0 aliphatic carbocycles. The molecule has 0 aliphatic rings. The topological polar surface area (TPSA) is 82.5 Å². The van der Waals surface area contributed by atoms with E-state index >= 15 is 0 Å². The molecule has 7 nitrogen and oxygen atoms in total. The summed E-state index contributed by atoms with van der Waals surface area (Å²) in [5.41, 5.74) is 5.29. The number of aryl methyl sites for hydroxylation is 3. The highest BCUT2D eigenvalue weighted by Crippen LogP contribution is 2.26. The number of aromatic nitrogens is 6. The van der Waals surface area contributed by atoms with Crippen LogP contribution in [0, 0.1) is 20.8 Å². The Bertz CT molecular complexity index is 1070.